The quantitative estimate of drug-likeness (QED) is 0.338. The van der Waals surface area contributed by atoms with Gasteiger partial charge in [0.05, 0.1) is 10.6 Å². The van der Waals surface area contributed by atoms with E-state index in [1.54, 1.807) is 18.2 Å². The van der Waals surface area contributed by atoms with E-state index in [4.69, 9.17) is 23.2 Å². The maximum atomic E-state index is 12.2. The monoisotopic (exact) mass is 437 g/mol. The Bertz CT molecular complexity index is 740. The molecule has 21 heavy (non-hydrogen) atoms. The number of nitro groups is 1. The normalized spacial score (nSPS) is 10.2. The number of nitrogens with one attached hydrogen (secondary N) is 1. The van der Waals surface area contributed by atoms with Gasteiger partial charge in [0.1, 0.15) is 5.56 Å². The van der Waals surface area contributed by atoms with Crippen LogP contribution in [0.3, 0.4) is 0 Å². The van der Waals surface area contributed by atoms with Crippen LogP contribution in [0, 0.1) is 13.7 Å². The van der Waals surface area contributed by atoms with Gasteiger partial charge in [0, 0.05) is 14.8 Å². The molecule has 6 nitrogen and oxygen atoms in total. The Hall–Kier alpha value is -1.45. The molecule has 0 saturated heterocycles. The van der Waals surface area contributed by atoms with Gasteiger partial charge in [-0.2, -0.15) is 0 Å². The minimum Gasteiger partial charge on any atom is -0.321 e. The van der Waals surface area contributed by atoms with Crippen molar-refractivity contribution in [1.82, 2.24) is 4.98 Å². The Labute approximate surface area is 142 Å². The Morgan fingerprint density at radius 2 is 2.05 bits per heavy atom. The lowest BCUT2D eigenvalue weighted by Gasteiger charge is -2.08. The molecule has 1 N–H and O–H groups in total. The summed E-state index contributed by atoms with van der Waals surface area (Å²) >= 11 is 13.5. The molecule has 0 atom stereocenters. The average molecular weight is 438 g/mol. The third-order valence-corrected chi connectivity index (χ3v) is 3.89. The molecule has 0 fully saturated rings. The van der Waals surface area contributed by atoms with E-state index in [1.807, 2.05) is 22.6 Å². The van der Waals surface area contributed by atoms with Crippen LogP contribution in [0.1, 0.15) is 10.4 Å². The summed E-state index contributed by atoms with van der Waals surface area (Å²) in [5.74, 6) is -0.647. The highest BCUT2D eigenvalue weighted by molar-refractivity contribution is 14.1. The number of rotatable bonds is 3. The van der Waals surface area contributed by atoms with Crippen molar-refractivity contribution in [3.8, 4) is 0 Å². The molecule has 0 aliphatic carbocycles. The summed E-state index contributed by atoms with van der Waals surface area (Å²) in [7, 11) is 0. The third-order valence-electron chi connectivity index (χ3n) is 2.49. The molecular weight excluding hydrogens is 432 g/mol. The number of amides is 1. The van der Waals surface area contributed by atoms with Crippen molar-refractivity contribution in [2.24, 2.45) is 0 Å². The first-order valence-corrected chi connectivity index (χ1v) is 7.29. The van der Waals surface area contributed by atoms with Crippen LogP contribution < -0.4 is 5.32 Å². The van der Waals surface area contributed by atoms with Crippen LogP contribution in [-0.2, 0) is 0 Å². The summed E-state index contributed by atoms with van der Waals surface area (Å²) in [6.07, 6.45) is 1.23. The van der Waals surface area contributed by atoms with E-state index in [1.165, 1.54) is 12.3 Å². The van der Waals surface area contributed by atoms with E-state index in [0.29, 0.717) is 14.3 Å². The van der Waals surface area contributed by atoms with Crippen molar-refractivity contribution in [3.63, 3.8) is 0 Å². The molecule has 0 saturated carbocycles. The lowest BCUT2D eigenvalue weighted by Crippen LogP contribution is -2.15. The largest absolute Gasteiger partial charge is 0.321 e. The van der Waals surface area contributed by atoms with E-state index in [-0.39, 0.29) is 10.7 Å². The van der Waals surface area contributed by atoms with Crippen LogP contribution in [0.25, 0.3) is 0 Å². The van der Waals surface area contributed by atoms with E-state index in [2.05, 4.69) is 10.3 Å². The van der Waals surface area contributed by atoms with Crippen LogP contribution in [-0.4, -0.2) is 15.8 Å². The molecular formula is C12H6Cl2IN3O3. The Morgan fingerprint density at radius 3 is 2.67 bits per heavy atom. The highest BCUT2D eigenvalue weighted by atomic mass is 127. The molecule has 0 bridgehead atoms. The number of carbonyl (C=O) groups excluding carboxylic acids is 1. The number of anilines is 1. The Balaban J connectivity index is 2.37. The minimum atomic E-state index is -0.739. The SMILES string of the molecule is O=C(Nc1ccc(Cl)cc1I)c1ccnc(Cl)c1[N+](=O)[O-]. The first kappa shape index (κ1) is 15.9. The van der Waals surface area contributed by atoms with E-state index in [9.17, 15) is 14.9 Å². The first-order chi connectivity index (χ1) is 9.90. The number of benzene rings is 1. The molecule has 0 aliphatic heterocycles. The summed E-state index contributed by atoms with van der Waals surface area (Å²) in [5, 5.41) is 13.8. The number of pyridine rings is 1. The highest BCUT2D eigenvalue weighted by Gasteiger charge is 2.25. The van der Waals surface area contributed by atoms with Gasteiger partial charge in [-0.25, -0.2) is 4.98 Å². The molecule has 1 amide bonds. The summed E-state index contributed by atoms with van der Waals surface area (Å²) in [4.78, 5) is 26.0. The van der Waals surface area contributed by atoms with Crippen molar-refractivity contribution in [2.45, 2.75) is 0 Å². The summed E-state index contributed by atoms with van der Waals surface area (Å²) < 4.78 is 0.705. The van der Waals surface area contributed by atoms with Crippen molar-refractivity contribution in [3.05, 3.63) is 59.9 Å². The summed E-state index contributed by atoms with van der Waals surface area (Å²) in [5.41, 5.74) is -0.196. The fourth-order valence-corrected chi connectivity index (χ4v) is 2.80. The molecule has 1 aromatic heterocycles. The van der Waals surface area contributed by atoms with Crippen LogP contribution in [0.4, 0.5) is 11.4 Å². The fraction of sp³-hybridized carbons (Fsp3) is 0. The van der Waals surface area contributed by atoms with Gasteiger partial charge in [-0.1, -0.05) is 23.2 Å². The standard InChI is InChI=1S/C12H6Cl2IN3O3/c13-6-1-2-9(8(15)5-6)17-12(19)7-3-4-16-11(14)10(7)18(20)21/h1-5H,(H,17,19). The zero-order valence-electron chi connectivity index (χ0n) is 10.1. The average Bonchev–Trinajstić information content (AvgIpc) is 2.41. The molecule has 2 aromatic rings. The molecule has 0 unspecified atom stereocenters. The van der Waals surface area contributed by atoms with E-state index >= 15 is 0 Å². The maximum Gasteiger partial charge on any atom is 0.319 e. The lowest BCUT2D eigenvalue weighted by atomic mass is 10.2. The van der Waals surface area contributed by atoms with Gasteiger partial charge in [0.15, 0.2) is 0 Å². The highest BCUT2D eigenvalue weighted by Crippen LogP contribution is 2.28. The van der Waals surface area contributed by atoms with E-state index in [0.717, 1.165) is 0 Å². The molecule has 0 radical (unpaired) electrons. The fourth-order valence-electron chi connectivity index (χ4n) is 1.57. The Kier molecular flexibility index (Phi) is 4.96. The van der Waals surface area contributed by atoms with Gasteiger partial charge >= 0.3 is 5.69 Å². The summed E-state index contributed by atoms with van der Waals surface area (Å²) in [6, 6.07) is 6.11. The number of halogens is 3. The molecule has 0 spiro atoms. The maximum absolute atomic E-state index is 12.2. The van der Waals surface area contributed by atoms with Gasteiger partial charge in [-0.3, -0.25) is 14.9 Å². The van der Waals surface area contributed by atoms with Gasteiger partial charge in [0.2, 0.25) is 5.15 Å². The summed E-state index contributed by atoms with van der Waals surface area (Å²) in [6.45, 7) is 0. The molecule has 0 aliphatic rings. The molecule has 1 aromatic carbocycles. The van der Waals surface area contributed by atoms with Crippen LogP contribution in [0.5, 0.6) is 0 Å². The number of hydrogen-bond donors (Lipinski definition) is 1. The predicted molar refractivity (Wildman–Crippen MR) is 88.0 cm³/mol. The van der Waals surface area contributed by atoms with E-state index < -0.39 is 16.5 Å². The molecule has 2 rings (SSSR count). The van der Waals surface area contributed by atoms with Crippen LogP contribution in [0.15, 0.2) is 30.5 Å². The van der Waals surface area contributed by atoms with Gasteiger partial charge < -0.3 is 5.32 Å². The second-order valence-corrected chi connectivity index (χ2v) is 5.79. The van der Waals surface area contributed by atoms with Gasteiger partial charge in [-0.05, 0) is 46.9 Å². The smallest absolute Gasteiger partial charge is 0.319 e. The van der Waals surface area contributed by atoms with Gasteiger partial charge in [0.25, 0.3) is 5.91 Å². The van der Waals surface area contributed by atoms with Crippen LogP contribution in [0.2, 0.25) is 10.2 Å². The minimum absolute atomic E-state index is 0.161. The Morgan fingerprint density at radius 1 is 1.33 bits per heavy atom. The zero-order valence-corrected chi connectivity index (χ0v) is 13.8. The van der Waals surface area contributed by atoms with Crippen molar-refractivity contribution >= 4 is 63.1 Å². The predicted octanol–water partition coefficient (Wildman–Crippen LogP) is 4.15. The number of nitrogens with zero attached hydrogens (tertiary/aromatic N) is 2. The number of hydrogen-bond acceptors (Lipinski definition) is 4. The molecule has 9 heteroatoms. The number of aromatic nitrogens is 1. The first-order valence-electron chi connectivity index (χ1n) is 5.45. The third kappa shape index (κ3) is 3.60. The van der Waals surface area contributed by atoms with Gasteiger partial charge in [-0.15, -0.1) is 0 Å². The van der Waals surface area contributed by atoms with Crippen molar-refractivity contribution in [1.29, 1.82) is 0 Å². The molecule has 1 heterocycles. The number of carbonyl (C=O) groups is 1. The second kappa shape index (κ2) is 6.54. The van der Waals surface area contributed by atoms with Crippen LogP contribution >= 0.6 is 45.8 Å². The zero-order chi connectivity index (χ0) is 15.6. The van der Waals surface area contributed by atoms with Crippen molar-refractivity contribution in [2.75, 3.05) is 5.32 Å². The van der Waals surface area contributed by atoms with Crippen molar-refractivity contribution < 1.29 is 9.72 Å². The lowest BCUT2D eigenvalue weighted by molar-refractivity contribution is -0.385. The second-order valence-electron chi connectivity index (χ2n) is 3.83. The molecule has 108 valence electrons. The topological polar surface area (TPSA) is 85.1 Å².